The van der Waals surface area contributed by atoms with Crippen molar-refractivity contribution in [1.29, 1.82) is 0 Å². The molecule has 8 heteroatoms. The molecule has 3 rings (SSSR count). The monoisotopic (exact) mass is 448 g/mol. The molecule has 2 aromatic rings. The van der Waals surface area contributed by atoms with Gasteiger partial charge in [-0.1, -0.05) is 30.7 Å². The fraction of sp³-hybridized carbons (Fsp3) is 0.391. The van der Waals surface area contributed by atoms with E-state index in [-0.39, 0.29) is 17.4 Å². The predicted molar refractivity (Wildman–Crippen MR) is 117 cm³/mol. The number of rotatable bonds is 6. The molecular weight excluding hydrogens is 423 g/mol. The van der Waals surface area contributed by atoms with E-state index in [1.807, 2.05) is 6.92 Å². The molecule has 0 bridgehead atoms. The van der Waals surface area contributed by atoms with Crippen LogP contribution in [0.1, 0.15) is 40.5 Å². The van der Waals surface area contributed by atoms with Crippen LogP contribution in [0.25, 0.3) is 0 Å². The average molecular weight is 449 g/mol. The number of hydrogen-bond acceptors (Lipinski definition) is 4. The van der Waals surface area contributed by atoms with Gasteiger partial charge in [-0.2, -0.15) is 0 Å². The average Bonchev–Trinajstić information content (AvgIpc) is 3.03. The predicted octanol–water partition coefficient (Wildman–Crippen LogP) is 4.26. The first-order valence-corrected chi connectivity index (χ1v) is 10.7. The summed E-state index contributed by atoms with van der Waals surface area (Å²) in [6.45, 7) is 4.06. The molecule has 6 nitrogen and oxygen atoms in total. The van der Waals surface area contributed by atoms with Gasteiger partial charge in [0.15, 0.2) is 11.5 Å². The van der Waals surface area contributed by atoms with Crippen molar-refractivity contribution in [3.8, 4) is 11.5 Å². The zero-order chi connectivity index (χ0) is 22.4. The summed E-state index contributed by atoms with van der Waals surface area (Å²) in [6.07, 6.45) is 1.41. The number of carbonyl (C=O) groups excluding carboxylic acids is 2. The number of amides is 2. The quantitative estimate of drug-likeness (QED) is 0.662. The first-order valence-electron chi connectivity index (χ1n) is 10.3. The van der Waals surface area contributed by atoms with Gasteiger partial charge in [0, 0.05) is 31.7 Å². The molecule has 0 atom stereocenters. The molecule has 0 unspecified atom stereocenters. The van der Waals surface area contributed by atoms with E-state index < -0.39 is 5.82 Å². The molecule has 31 heavy (non-hydrogen) atoms. The Bertz CT molecular complexity index is 953. The van der Waals surface area contributed by atoms with Gasteiger partial charge < -0.3 is 19.3 Å². The molecule has 0 aliphatic carbocycles. The van der Waals surface area contributed by atoms with Gasteiger partial charge in [-0.05, 0) is 37.1 Å². The molecule has 1 saturated heterocycles. The van der Waals surface area contributed by atoms with Crippen LogP contribution in [0.3, 0.4) is 0 Å². The maximum atomic E-state index is 14.0. The summed E-state index contributed by atoms with van der Waals surface area (Å²) in [5.74, 6) is -0.302. The molecule has 2 aromatic carbocycles. The summed E-state index contributed by atoms with van der Waals surface area (Å²) in [5, 5.41) is 0.308. The normalized spacial score (nSPS) is 14.2. The van der Waals surface area contributed by atoms with E-state index in [0.717, 1.165) is 6.42 Å². The molecule has 1 heterocycles. The van der Waals surface area contributed by atoms with E-state index in [1.165, 1.54) is 19.2 Å². The van der Waals surface area contributed by atoms with Crippen LogP contribution in [0.15, 0.2) is 36.4 Å². The maximum Gasteiger partial charge on any atom is 0.256 e. The van der Waals surface area contributed by atoms with Crippen molar-refractivity contribution in [2.24, 2.45) is 0 Å². The highest BCUT2D eigenvalue weighted by molar-refractivity contribution is 6.32. The zero-order valence-corrected chi connectivity index (χ0v) is 18.5. The number of methoxy groups -OCH3 is 1. The number of carbonyl (C=O) groups is 2. The van der Waals surface area contributed by atoms with E-state index in [2.05, 4.69) is 0 Å². The summed E-state index contributed by atoms with van der Waals surface area (Å²) < 4.78 is 25.0. The fourth-order valence-electron chi connectivity index (χ4n) is 3.50. The fourth-order valence-corrected chi connectivity index (χ4v) is 3.76. The second-order valence-corrected chi connectivity index (χ2v) is 7.66. The third-order valence-corrected chi connectivity index (χ3v) is 5.38. The maximum absolute atomic E-state index is 14.0. The van der Waals surface area contributed by atoms with E-state index in [0.29, 0.717) is 61.3 Å². The number of hydrogen-bond donors (Lipinski definition) is 0. The SMILES string of the molecule is CCCOc1c(Cl)cc(C(=O)N2CCCN(C(=O)c3ccccc3F)CC2)cc1OC. The van der Waals surface area contributed by atoms with Crippen LogP contribution in [-0.2, 0) is 0 Å². The van der Waals surface area contributed by atoms with Crippen LogP contribution in [-0.4, -0.2) is 61.5 Å². The summed E-state index contributed by atoms with van der Waals surface area (Å²) in [7, 11) is 1.50. The number of benzene rings is 2. The highest BCUT2D eigenvalue weighted by atomic mass is 35.5. The Balaban J connectivity index is 1.73. The minimum Gasteiger partial charge on any atom is -0.493 e. The number of halogens is 2. The number of ether oxygens (including phenoxy) is 2. The first-order chi connectivity index (χ1) is 15.0. The molecular formula is C23H26ClFN2O4. The van der Waals surface area contributed by atoms with Crippen LogP contribution < -0.4 is 9.47 Å². The van der Waals surface area contributed by atoms with E-state index in [9.17, 15) is 14.0 Å². The lowest BCUT2D eigenvalue weighted by molar-refractivity contribution is 0.0716. The van der Waals surface area contributed by atoms with Gasteiger partial charge in [-0.15, -0.1) is 0 Å². The molecule has 2 amide bonds. The van der Waals surface area contributed by atoms with Gasteiger partial charge in [0.25, 0.3) is 11.8 Å². The van der Waals surface area contributed by atoms with Crippen molar-refractivity contribution in [2.45, 2.75) is 19.8 Å². The van der Waals surface area contributed by atoms with Crippen LogP contribution in [0.2, 0.25) is 5.02 Å². The van der Waals surface area contributed by atoms with E-state index in [4.69, 9.17) is 21.1 Å². The minimum atomic E-state index is -0.545. The van der Waals surface area contributed by atoms with Crippen molar-refractivity contribution in [3.63, 3.8) is 0 Å². The van der Waals surface area contributed by atoms with Crippen LogP contribution in [0.4, 0.5) is 4.39 Å². The van der Waals surface area contributed by atoms with Crippen LogP contribution in [0.5, 0.6) is 11.5 Å². The molecule has 0 radical (unpaired) electrons. The summed E-state index contributed by atoms with van der Waals surface area (Å²) in [4.78, 5) is 29.1. The Kier molecular flexibility index (Phi) is 7.74. The molecule has 0 saturated carbocycles. The molecule has 1 aliphatic rings. The minimum absolute atomic E-state index is 0.0430. The standard InChI is InChI=1S/C23H26ClFN2O4/c1-3-13-31-21-18(24)14-16(15-20(21)30-2)22(28)26-9-6-10-27(12-11-26)23(29)17-7-4-5-8-19(17)25/h4-5,7-8,14-15H,3,6,9-13H2,1-2H3. The summed E-state index contributed by atoms with van der Waals surface area (Å²) in [6, 6.07) is 9.12. The summed E-state index contributed by atoms with van der Waals surface area (Å²) in [5.41, 5.74) is 0.432. The molecule has 0 N–H and O–H groups in total. The van der Waals surface area contributed by atoms with Crippen molar-refractivity contribution in [2.75, 3.05) is 39.9 Å². The largest absolute Gasteiger partial charge is 0.493 e. The lowest BCUT2D eigenvalue weighted by Gasteiger charge is -2.23. The Morgan fingerprint density at radius 2 is 1.74 bits per heavy atom. The lowest BCUT2D eigenvalue weighted by atomic mass is 10.1. The summed E-state index contributed by atoms with van der Waals surface area (Å²) >= 11 is 6.35. The van der Waals surface area contributed by atoms with Gasteiger partial charge in [-0.3, -0.25) is 9.59 Å². The Morgan fingerprint density at radius 3 is 2.39 bits per heavy atom. The highest BCUT2D eigenvalue weighted by Gasteiger charge is 2.26. The molecule has 0 aromatic heterocycles. The number of nitrogens with zero attached hydrogens (tertiary/aromatic N) is 2. The zero-order valence-electron chi connectivity index (χ0n) is 17.7. The van der Waals surface area contributed by atoms with Gasteiger partial charge >= 0.3 is 0 Å². The van der Waals surface area contributed by atoms with Gasteiger partial charge in [-0.25, -0.2) is 4.39 Å². The van der Waals surface area contributed by atoms with Crippen LogP contribution in [0, 0.1) is 5.82 Å². The Morgan fingerprint density at radius 1 is 1.06 bits per heavy atom. The third kappa shape index (κ3) is 5.28. The van der Waals surface area contributed by atoms with Gasteiger partial charge in [0.2, 0.25) is 0 Å². The van der Waals surface area contributed by atoms with Crippen molar-refractivity contribution >= 4 is 23.4 Å². The molecule has 166 valence electrons. The second-order valence-electron chi connectivity index (χ2n) is 7.26. The van der Waals surface area contributed by atoms with Crippen molar-refractivity contribution in [1.82, 2.24) is 9.80 Å². The molecule has 1 aliphatic heterocycles. The van der Waals surface area contributed by atoms with Crippen LogP contribution >= 0.6 is 11.6 Å². The van der Waals surface area contributed by atoms with Crippen molar-refractivity contribution in [3.05, 3.63) is 58.4 Å². The molecule has 1 fully saturated rings. The first kappa shape index (κ1) is 22.9. The second kappa shape index (κ2) is 10.5. The van der Waals surface area contributed by atoms with Crippen molar-refractivity contribution < 1.29 is 23.5 Å². The van der Waals surface area contributed by atoms with Gasteiger partial charge in [0.1, 0.15) is 5.82 Å². The smallest absolute Gasteiger partial charge is 0.256 e. The third-order valence-electron chi connectivity index (χ3n) is 5.10. The van der Waals surface area contributed by atoms with E-state index in [1.54, 1.807) is 34.1 Å². The van der Waals surface area contributed by atoms with E-state index >= 15 is 0 Å². The Hall–Kier alpha value is -2.80. The highest BCUT2D eigenvalue weighted by Crippen LogP contribution is 2.37. The van der Waals surface area contributed by atoms with Gasteiger partial charge in [0.05, 0.1) is 24.3 Å². The molecule has 0 spiro atoms. The Labute approximate surface area is 186 Å². The lowest BCUT2D eigenvalue weighted by Crippen LogP contribution is -2.37. The topological polar surface area (TPSA) is 59.1 Å².